The fraction of sp³-hybridized carbons (Fsp3) is 0.917. The van der Waals surface area contributed by atoms with Gasteiger partial charge in [-0.25, -0.2) is 0 Å². The molecule has 4 nitrogen and oxygen atoms in total. The molecular formula is C12H24N2O2. The van der Waals surface area contributed by atoms with E-state index in [1.54, 1.807) is 0 Å². The molecule has 16 heavy (non-hydrogen) atoms. The molecule has 0 bridgehead atoms. The van der Waals surface area contributed by atoms with Crippen LogP contribution in [-0.4, -0.2) is 48.7 Å². The van der Waals surface area contributed by atoms with Crippen molar-refractivity contribution in [3.8, 4) is 0 Å². The van der Waals surface area contributed by atoms with Crippen LogP contribution in [0.2, 0.25) is 0 Å². The van der Waals surface area contributed by atoms with E-state index in [-0.39, 0.29) is 6.42 Å². The first-order valence-corrected chi connectivity index (χ1v) is 6.33. The molecule has 1 saturated carbocycles. The number of hydrogen-bond donors (Lipinski definition) is 2. The molecule has 1 aliphatic carbocycles. The van der Waals surface area contributed by atoms with Crippen LogP contribution in [0.5, 0.6) is 0 Å². The predicted octanol–water partition coefficient (Wildman–Crippen LogP) is 1.32. The first kappa shape index (κ1) is 13.5. The highest BCUT2D eigenvalue weighted by molar-refractivity contribution is 5.66. The number of rotatable bonds is 8. The minimum absolute atomic E-state index is 0.269. The SMILES string of the molecule is CN(CCNCCCC(=O)O)C1CCCC1. The summed E-state index contributed by atoms with van der Waals surface area (Å²) in [5.41, 5.74) is 0. The van der Waals surface area contributed by atoms with Gasteiger partial charge < -0.3 is 15.3 Å². The second-order valence-electron chi connectivity index (χ2n) is 4.67. The Labute approximate surface area is 98.0 Å². The summed E-state index contributed by atoms with van der Waals surface area (Å²) in [5, 5.41) is 11.8. The molecule has 0 aromatic heterocycles. The zero-order chi connectivity index (χ0) is 11.8. The van der Waals surface area contributed by atoms with Crippen molar-refractivity contribution in [3.63, 3.8) is 0 Å². The summed E-state index contributed by atoms with van der Waals surface area (Å²) in [6.07, 6.45) is 6.43. The summed E-state index contributed by atoms with van der Waals surface area (Å²) in [6, 6.07) is 0.779. The number of likely N-dealkylation sites (N-methyl/N-ethyl adjacent to an activating group) is 1. The smallest absolute Gasteiger partial charge is 0.303 e. The molecule has 1 fully saturated rings. The van der Waals surface area contributed by atoms with Crippen molar-refractivity contribution in [2.45, 2.75) is 44.6 Å². The van der Waals surface area contributed by atoms with Gasteiger partial charge >= 0.3 is 5.97 Å². The summed E-state index contributed by atoms with van der Waals surface area (Å²) in [4.78, 5) is 12.7. The van der Waals surface area contributed by atoms with Gasteiger partial charge in [-0.1, -0.05) is 12.8 Å². The average Bonchev–Trinajstić information content (AvgIpc) is 2.75. The Morgan fingerprint density at radius 2 is 2.06 bits per heavy atom. The number of carboxylic acid groups (broad SMARTS) is 1. The van der Waals surface area contributed by atoms with Crippen molar-refractivity contribution in [1.29, 1.82) is 0 Å². The number of nitrogens with zero attached hydrogens (tertiary/aromatic N) is 1. The van der Waals surface area contributed by atoms with Gasteiger partial charge in [0, 0.05) is 25.6 Å². The Balaban J connectivity index is 1.92. The van der Waals surface area contributed by atoms with Gasteiger partial charge in [0.05, 0.1) is 0 Å². The fourth-order valence-electron chi connectivity index (χ4n) is 2.27. The van der Waals surface area contributed by atoms with Crippen molar-refractivity contribution in [2.75, 3.05) is 26.7 Å². The maximum atomic E-state index is 10.3. The van der Waals surface area contributed by atoms with Gasteiger partial charge in [0.25, 0.3) is 0 Å². The van der Waals surface area contributed by atoms with Crippen molar-refractivity contribution < 1.29 is 9.90 Å². The molecule has 2 N–H and O–H groups in total. The fourth-order valence-corrected chi connectivity index (χ4v) is 2.27. The quantitative estimate of drug-likeness (QED) is 0.615. The van der Waals surface area contributed by atoms with Gasteiger partial charge in [-0.2, -0.15) is 0 Å². The average molecular weight is 228 g/mol. The number of carboxylic acids is 1. The van der Waals surface area contributed by atoms with E-state index in [0.717, 1.165) is 32.1 Å². The van der Waals surface area contributed by atoms with E-state index in [1.165, 1.54) is 25.7 Å². The lowest BCUT2D eigenvalue weighted by Gasteiger charge is -2.23. The Morgan fingerprint density at radius 1 is 1.38 bits per heavy atom. The molecule has 0 radical (unpaired) electrons. The Bertz CT molecular complexity index is 203. The minimum atomic E-state index is -0.704. The molecule has 1 rings (SSSR count). The van der Waals surface area contributed by atoms with E-state index < -0.39 is 5.97 Å². The normalized spacial score (nSPS) is 17.1. The van der Waals surface area contributed by atoms with Gasteiger partial charge in [0.1, 0.15) is 0 Å². The van der Waals surface area contributed by atoms with E-state index in [0.29, 0.717) is 0 Å². The Kier molecular flexibility index (Phi) is 6.42. The molecule has 0 amide bonds. The zero-order valence-corrected chi connectivity index (χ0v) is 10.2. The molecule has 0 aliphatic heterocycles. The third-order valence-corrected chi connectivity index (χ3v) is 3.33. The van der Waals surface area contributed by atoms with E-state index >= 15 is 0 Å². The molecular weight excluding hydrogens is 204 g/mol. The lowest BCUT2D eigenvalue weighted by Crippen LogP contribution is -2.35. The van der Waals surface area contributed by atoms with Gasteiger partial charge in [-0.3, -0.25) is 4.79 Å². The second kappa shape index (κ2) is 7.63. The Morgan fingerprint density at radius 3 is 2.69 bits per heavy atom. The van der Waals surface area contributed by atoms with Crippen LogP contribution >= 0.6 is 0 Å². The molecule has 94 valence electrons. The van der Waals surface area contributed by atoms with Crippen LogP contribution in [0.1, 0.15) is 38.5 Å². The monoisotopic (exact) mass is 228 g/mol. The van der Waals surface area contributed by atoms with Gasteiger partial charge in [-0.05, 0) is 32.9 Å². The predicted molar refractivity (Wildman–Crippen MR) is 64.6 cm³/mol. The summed E-state index contributed by atoms with van der Waals surface area (Å²) in [6.45, 7) is 2.84. The van der Waals surface area contributed by atoms with Crippen molar-refractivity contribution in [3.05, 3.63) is 0 Å². The van der Waals surface area contributed by atoms with Crippen LogP contribution in [0.4, 0.5) is 0 Å². The minimum Gasteiger partial charge on any atom is -0.481 e. The van der Waals surface area contributed by atoms with Crippen LogP contribution in [-0.2, 0) is 4.79 Å². The lowest BCUT2D eigenvalue weighted by atomic mass is 10.2. The van der Waals surface area contributed by atoms with Crippen molar-refractivity contribution >= 4 is 5.97 Å². The molecule has 0 aromatic rings. The van der Waals surface area contributed by atoms with Crippen LogP contribution in [0, 0.1) is 0 Å². The van der Waals surface area contributed by atoms with Crippen LogP contribution in [0.25, 0.3) is 0 Å². The standard InChI is InChI=1S/C12H24N2O2/c1-14(11-5-2-3-6-11)10-9-13-8-4-7-12(15)16/h11,13H,2-10H2,1H3,(H,15,16). The molecule has 4 heteroatoms. The topological polar surface area (TPSA) is 52.6 Å². The van der Waals surface area contributed by atoms with Gasteiger partial charge in [0.15, 0.2) is 0 Å². The molecule has 0 spiro atoms. The lowest BCUT2D eigenvalue weighted by molar-refractivity contribution is -0.137. The zero-order valence-electron chi connectivity index (χ0n) is 10.2. The van der Waals surface area contributed by atoms with Crippen LogP contribution in [0.15, 0.2) is 0 Å². The van der Waals surface area contributed by atoms with E-state index in [2.05, 4.69) is 17.3 Å². The maximum absolute atomic E-state index is 10.3. The van der Waals surface area contributed by atoms with Gasteiger partial charge in [-0.15, -0.1) is 0 Å². The first-order chi connectivity index (χ1) is 7.70. The highest BCUT2D eigenvalue weighted by Gasteiger charge is 2.18. The number of aliphatic carboxylic acids is 1. The molecule has 0 unspecified atom stereocenters. The highest BCUT2D eigenvalue weighted by Crippen LogP contribution is 2.21. The molecule has 1 aliphatic rings. The van der Waals surface area contributed by atoms with E-state index in [9.17, 15) is 4.79 Å². The Hall–Kier alpha value is -0.610. The van der Waals surface area contributed by atoms with E-state index in [4.69, 9.17) is 5.11 Å². The van der Waals surface area contributed by atoms with Crippen LogP contribution in [0.3, 0.4) is 0 Å². The number of carbonyl (C=O) groups is 1. The largest absolute Gasteiger partial charge is 0.481 e. The summed E-state index contributed by atoms with van der Waals surface area (Å²) in [5.74, 6) is -0.704. The molecule has 0 heterocycles. The molecule has 0 atom stereocenters. The van der Waals surface area contributed by atoms with Crippen LogP contribution < -0.4 is 5.32 Å². The van der Waals surface area contributed by atoms with Crippen molar-refractivity contribution in [2.24, 2.45) is 0 Å². The third kappa shape index (κ3) is 5.47. The summed E-state index contributed by atoms with van der Waals surface area (Å²) in [7, 11) is 2.19. The second-order valence-corrected chi connectivity index (χ2v) is 4.67. The summed E-state index contributed by atoms with van der Waals surface area (Å²) >= 11 is 0. The summed E-state index contributed by atoms with van der Waals surface area (Å²) < 4.78 is 0. The number of hydrogen-bond acceptors (Lipinski definition) is 3. The molecule has 0 saturated heterocycles. The van der Waals surface area contributed by atoms with Gasteiger partial charge in [0.2, 0.25) is 0 Å². The molecule has 0 aromatic carbocycles. The maximum Gasteiger partial charge on any atom is 0.303 e. The first-order valence-electron chi connectivity index (χ1n) is 6.33. The number of nitrogens with one attached hydrogen (secondary N) is 1. The highest BCUT2D eigenvalue weighted by atomic mass is 16.4. The third-order valence-electron chi connectivity index (χ3n) is 3.33. The van der Waals surface area contributed by atoms with Crippen molar-refractivity contribution in [1.82, 2.24) is 10.2 Å². The van der Waals surface area contributed by atoms with E-state index in [1.807, 2.05) is 0 Å².